The maximum Gasteiger partial charge on any atom is 0.241 e. The predicted molar refractivity (Wildman–Crippen MR) is 56.2 cm³/mol. The molecule has 1 fully saturated rings. The van der Waals surface area contributed by atoms with E-state index >= 15 is 0 Å². The molecule has 15 heavy (non-hydrogen) atoms. The van der Waals surface area contributed by atoms with E-state index in [0.29, 0.717) is 12.5 Å². The number of aromatic nitrogens is 2. The van der Waals surface area contributed by atoms with Crippen LogP contribution in [-0.2, 0) is 11.3 Å². The molecule has 0 saturated carbocycles. The number of carbonyl (C=O) groups excluding carboxylic acids is 1. The summed E-state index contributed by atoms with van der Waals surface area (Å²) >= 11 is 0. The molecule has 82 valence electrons. The fourth-order valence-corrected chi connectivity index (χ4v) is 1.74. The number of nitrogens with one attached hydrogen (secondary N) is 2. The molecule has 0 radical (unpaired) electrons. The molecule has 1 saturated heterocycles. The molecule has 1 aliphatic rings. The van der Waals surface area contributed by atoms with Crippen LogP contribution in [0.25, 0.3) is 0 Å². The van der Waals surface area contributed by atoms with Gasteiger partial charge in [0, 0.05) is 18.9 Å². The standard InChI is InChI=1S/C10H16N4O/c15-10(8-14-5-1-3-13-14)12-7-9-2-4-11-6-9/h1,3,5,9,11H,2,4,6-8H2,(H,12,15). The van der Waals surface area contributed by atoms with Gasteiger partial charge in [0.05, 0.1) is 0 Å². The molecule has 5 nitrogen and oxygen atoms in total. The van der Waals surface area contributed by atoms with Crippen molar-refractivity contribution in [2.24, 2.45) is 5.92 Å². The lowest BCUT2D eigenvalue weighted by Gasteiger charge is -2.09. The average Bonchev–Trinajstić information content (AvgIpc) is 2.86. The van der Waals surface area contributed by atoms with Gasteiger partial charge in [0.15, 0.2) is 0 Å². The highest BCUT2D eigenvalue weighted by atomic mass is 16.2. The molecule has 1 aliphatic heterocycles. The van der Waals surface area contributed by atoms with Gasteiger partial charge in [-0.15, -0.1) is 0 Å². The zero-order valence-corrected chi connectivity index (χ0v) is 8.65. The third kappa shape index (κ3) is 3.06. The number of nitrogens with zero attached hydrogens (tertiary/aromatic N) is 2. The van der Waals surface area contributed by atoms with Gasteiger partial charge >= 0.3 is 0 Å². The molecule has 1 aromatic rings. The second kappa shape index (κ2) is 4.93. The van der Waals surface area contributed by atoms with E-state index in [1.807, 2.05) is 6.07 Å². The van der Waals surface area contributed by atoms with E-state index in [2.05, 4.69) is 15.7 Å². The van der Waals surface area contributed by atoms with E-state index < -0.39 is 0 Å². The summed E-state index contributed by atoms with van der Waals surface area (Å²) in [6.07, 6.45) is 4.62. The minimum absolute atomic E-state index is 0.0330. The Morgan fingerprint density at radius 1 is 1.67 bits per heavy atom. The van der Waals surface area contributed by atoms with Crippen molar-refractivity contribution in [1.29, 1.82) is 0 Å². The predicted octanol–water partition coefficient (Wildman–Crippen LogP) is -0.391. The van der Waals surface area contributed by atoms with Crippen LogP contribution in [0.2, 0.25) is 0 Å². The van der Waals surface area contributed by atoms with Gasteiger partial charge in [0.1, 0.15) is 6.54 Å². The summed E-state index contributed by atoms with van der Waals surface area (Å²) in [5.41, 5.74) is 0. The Morgan fingerprint density at radius 3 is 3.27 bits per heavy atom. The third-order valence-electron chi connectivity index (χ3n) is 2.62. The summed E-state index contributed by atoms with van der Waals surface area (Å²) < 4.78 is 1.63. The summed E-state index contributed by atoms with van der Waals surface area (Å²) in [7, 11) is 0. The van der Waals surface area contributed by atoms with E-state index in [1.54, 1.807) is 17.1 Å². The first kappa shape index (κ1) is 10.2. The van der Waals surface area contributed by atoms with Crippen LogP contribution in [0.4, 0.5) is 0 Å². The lowest BCUT2D eigenvalue weighted by molar-refractivity contribution is -0.122. The van der Waals surface area contributed by atoms with Gasteiger partial charge < -0.3 is 10.6 Å². The average molecular weight is 208 g/mol. The summed E-state index contributed by atoms with van der Waals surface area (Å²) in [5.74, 6) is 0.622. The maximum absolute atomic E-state index is 11.5. The highest BCUT2D eigenvalue weighted by molar-refractivity contribution is 5.75. The molecule has 1 unspecified atom stereocenters. The first-order valence-electron chi connectivity index (χ1n) is 5.29. The van der Waals surface area contributed by atoms with E-state index in [-0.39, 0.29) is 5.91 Å². The number of amides is 1. The van der Waals surface area contributed by atoms with Crippen LogP contribution in [0.15, 0.2) is 18.5 Å². The van der Waals surface area contributed by atoms with E-state index in [1.165, 1.54) is 0 Å². The fourth-order valence-electron chi connectivity index (χ4n) is 1.74. The van der Waals surface area contributed by atoms with Crippen molar-refractivity contribution in [2.75, 3.05) is 19.6 Å². The summed E-state index contributed by atoms with van der Waals surface area (Å²) in [6.45, 7) is 3.17. The first-order chi connectivity index (χ1) is 7.34. The molecule has 1 atom stereocenters. The zero-order chi connectivity index (χ0) is 10.5. The van der Waals surface area contributed by atoms with Gasteiger partial charge in [0.25, 0.3) is 0 Å². The first-order valence-corrected chi connectivity index (χ1v) is 5.29. The number of hydrogen-bond donors (Lipinski definition) is 2. The Bertz CT molecular complexity index is 303. The number of rotatable bonds is 4. The number of hydrogen-bond acceptors (Lipinski definition) is 3. The molecule has 0 aromatic carbocycles. The van der Waals surface area contributed by atoms with Crippen LogP contribution in [0.5, 0.6) is 0 Å². The van der Waals surface area contributed by atoms with Crippen molar-refractivity contribution in [3.8, 4) is 0 Å². The smallest absolute Gasteiger partial charge is 0.241 e. The Hall–Kier alpha value is -1.36. The van der Waals surface area contributed by atoms with Crippen molar-refractivity contribution in [3.63, 3.8) is 0 Å². The quantitative estimate of drug-likeness (QED) is 0.708. The molecule has 0 spiro atoms. The Morgan fingerprint density at radius 2 is 2.60 bits per heavy atom. The van der Waals surface area contributed by atoms with Gasteiger partial charge in [-0.1, -0.05) is 0 Å². The van der Waals surface area contributed by atoms with Crippen molar-refractivity contribution < 1.29 is 4.79 Å². The maximum atomic E-state index is 11.5. The minimum atomic E-state index is 0.0330. The second-order valence-electron chi connectivity index (χ2n) is 3.87. The van der Waals surface area contributed by atoms with Gasteiger partial charge in [0.2, 0.25) is 5.91 Å². The van der Waals surface area contributed by atoms with Gasteiger partial charge in [-0.25, -0.2) is 0 Å². The monoisotopic (exact) mass is 208 g/mol. The van der Waals surface area contributed by atoms with Crippen LogP contribution >= 0.6 is 0 Å². The van der Waals surface area contributed by atoms with E-state index in [4.69, 9.17) is 0 Å². The Balaban J connectivity index is 1.68. The van der Waals surface area contributed by atoms with Crippen molar-refractivity contribution >= 4 is 5.91 Å². The molecule has 0 aliphatic carbocycles. The molecule has 1 amide bonds. The lowest BCUT2D eigenvalue weighted by atomic mass is 10.1. The topological polar surface area (TPSA) is 59.0 Å². The van der Waals surface area contributed by atoms with E-state index in [0.717, 1.165) is 26.1 Å². The minimum Gasteiger partial charge on any atom is -0.354 e. The van der Waals surface area contributed by atoms with Crippen LogP contribution in [-0.4, -0.2) is 35.3 Å². The molecular weight excluding hydrogens is 192 g/mol. The van der Waals surface area contributed by atoms with Crippen molar-refractivity contribution in [1.82, 2.24) is 20.4 Å². The van der Waals surface area contributed by atoms with Gasteiger partial charge in [-0.3, -0.25) is 9.48 Å². The summed E-state index contributed by atoms with van der Waals surface area (Å²) in [4.78, 5) is 11.5. The third-order valence-corrected chi connectivity index (χ3v) is 2.62. The largest absolute Gasteiger partial charge is 0.354 e. The highest BCUT2D eigenvalue weighted by Gasteiger charge is 2.14. The summed E-state index contributed by atoms with van der Waals surface area (Å²) in [5, 5.41) is 10.2. The molecule has 2 rings (SSSR count). The normalized spacial score (nSPS) is 20.4. The highest BCUT2D eigenvalue weighted by Crippen LogP contribution is 2.04. The van der Waals surface area contributed by atoms with Crippen LogP contribution in [0, 0.1) is 5.92 Å². The fraction of sp³-hybridized carbons (Fsp3) is 0.600. The molecular formula is C10H16N4O. The molecule has 2 heterocycles. The lowest BCUT2D eigenvalue weighted by Crippen LogP contribution is -2.32. The Kier molecular flexibility index (Phi) is 3.34. The molecule has 1 aromatic heterocycles. The van der Waals surface area contributed by atoms with Crippen LogP contribution in [0.1, 0.15) is 6.42 Å². The van der Waals surface area contributed by atoms with Crippen LogP contribution < -0.4 is 10.6 Å². The van der Waals surface area contributed by atoms with Crippen LogP contribution in [0.3, 0.4) is 0 Å². The van der Waals surface area contributed by atoms with Crippen molar-refractivity contribution in [2.45, 2.75) is 13.0 Å². The zero-order valence-electron chi connectivity index (χ0n) is 8.65. The number of carbonyl (C=O) groups is 1. The van der Waals surface area contributed by atoms with E-state index in [9.17, 15) is 4.79 Å². The summed E-state index contributed by atoms with van der Waals surface area (Å²) in [6, 6.07) is 1.81. The van der Waals surface area contributed by atoms with Gasteiger partial charge in [-0.05, 0) is 31.5 Å². The SMILES string of the molecule is O=C(Cn1cccn1)NCC1CCNC1. The molecule has 0 bridgehead atoms. The molecule has 5 heteroatoms. The second-order valence-corrected chi connectivity index (χ2v) is 3.87. The Labute approximate surface area is 88.8 Å². The van der Waals surface area contributed by atoms with Gasteiger partial charge in [-0.2, -0.15) is 5.10 Å². The van der Waals surface area contributed by atoms with Crippen molar-refractivity contribution in [3.05, 3.63) is 18.5 Å². The molecule has 2 N–H and O–H groups in total.